The van der Waals surface area contributed by atoms with E-state index in [-0.39, 0.29) is 12.6 Å². The molecule has 1 aliphatic heterocycles. The van der Waals surface area contributed by atoms with Crippen LogP contribution < -0.4 is 5.32 Å². The van der Waals surface area contributed by atoms with Crippen molar-refractivity contribution < 1.29 is 9.84 Å². The maximum absolute atomic E-state index is 9.27. The topological polar surface area (TPSA) is 44.7 Å². The van der Waals surface area contributed by atoms with Crippen LogP contribution in [0.1, 0.15) is 33.1 Å². The number of aliphatic hydroxyl groups excluding tert-OH is 1. The van der Waals surface area contributed by atoms with Crippen molar-refractivity contribution in [3.63, 3.8) is 0 Å². The highest BCUT2D eigenvalue weighted by Gasteiger charge is 2.22. The van der Waals surface area contributed by atoms with Crippen LogP contribution in [-0.2, 0) is 4.74 Å². The molecule has 2 atom stereocenters. The van der Waals surface area contributed by atoms with Gasteiger partial charge in [-0.15, -0.1) is 0 Å². The predicted octanol–water partition coefficient (Wildman–Crippen LogP) is 0.848. The van der Waals surface area contributed by atoms with E-state index in [1.807, 2.05) is 0 Å². The molecule has 102 valence electrons. The lowest BCUT2D eigenvalue weighted by atomic mass is 10.1. The molecule has 2 N–H and O–H groups in total. The van der Waals surface area contributed by atoms with E-state index >= 15 is 0 Å². The fourth-order valence-corrected chi connectivity index (χ4v) is 2.39. The fraction of sp³-hybridized carbons (Fsp3) is 1.00. The first kappa shape index (κ1) is 14.9. The van der Waals surface area contributed by atoms with E-state index in [1.165, 1.54) is 12.8 Å². The van der Waals surface area contributed by atoms with Crippen LogP contribution in [0, 0.1) is 0 Å². The Hall–Kier alpha value is -0.160. The zero-order valence-corrected chi connectivity index (χ0v) is 11.3. The Morgan fingerprint density at radius 1 is 1.47 bits per heavy atom. The van der Waals surface area contributed by atoms with Crippen LogP contribution in [-0.4, -0.2) is 61.5 Å². The van der Waals surface area contributed by atoms with Gasteiger partial charge in [-0.25, -0.2) is 0 Å². The Kier molecular flexibility index (Phi) is 7.77. The average molecular weight is 244 g/mol. The van der Waals surface area contributed by atoms with Crippen molar-refractivity contribution in [3.8, 4) is 0 Å². The summed E-state index contributed by atoms with van der Waals surface area (Å²) in [7, 11) is 0. The third-order valence-corrected chi connectivity index (χ3v) is 3.21. The van der Waals surface area contributed by atoms with Crippen molar-refractivity contribution in [1.29, 1.82) is 0 Å². The summed E-state index contributed by atoms with van der Waals surface area (Å²) in [5.74, 6) is 0. The summed E-state index contributed by atoms with van der Waals surface area (Å²) in [6.45, 7) is 9.29. The second kappa shape index (κ2) is 8.86. The van der Waals surface area contributed by atoms with Gasteiger partial charge in [-0.3, -0.25) is 4.90 Å². The maximum Gasteiger partial charge on any atom is 0.0702 e. The number of piperidine rings is 1. The van der Waals surface area contributed by atoms with Crippen molar-refractivity contribution in [2.45, 2.75) is 45.3 Å². The number of ether oxygens (including phenoxy) is 1. The van der Waals surface area contributed by atoms with Gasteiger partial charge < -0.3 is 15.2 Å². The largest absolute Gasteiger partial charge is 0.395 e. The molecule has 1 rings (SSSR count). The van der Waals surface area contributed by atoms with Gasteiger partial charge in [-0.1, -0.05) is 13.8 Å². The molecule has 1 saturated heterocycles. The van der Waals surface area contributed by atoms with Gasteiger partial charge in [-0.2, -0.15) is 0 Å². The summed E-state index contributed by atoms with van der Waals surface area (Å²) in [5.41, 5.74) is 0. The monoisotopic (exact) mass is 244 g/mol. The summed E-state index contributed by atoms with van der Waals surface area (Å²) >= 11 is 0. The van der Waals surface area contributed by atoms with E-state index < -0.39 is 0 Å². The molecule has 0 aromatic carbocycles. The van der Waals surface area contributed by atoms with E-state index in [1.54, 1.807) is 0 Å². The van der Waals surface area contributed by atoms with E-state index in [0.29, 0.717) is 6.10 Å². The third-order valence-electron chi connectivity index (χ3n) is 3.21. The smallest absolute Gasteiger partial charge is 0.0702 e. The number of nitrogens with zero attached hydrogens (tertiary/aromatic N) is 1. The normalized spacial score (nSPS) is 23.8. The fourth-order valence-electron chi connectivity index (χ4n) is 2.39. The van der Waals surface area contributed by atoms with Crippen molar-refractivity contribution in [2.24, 2.45) is 0 Å². The summed E-state index contributed by atoms with van der Waals surface area (Å²) in [6.07, 6.45) is 3.87. The maximum atomic E-state index is 9.27. The number of likely N-dealkylation sites (N-methyl/N-ethyl adjacent to an activating group) is 1. The molecule has 0 aliphatic carbocycles. The van der Waals surface area contributed by atoms with Crippen LogP contribution in [0.4, 0.5) is 0 Å². The Balaban J connectivity index is 2.27. The van der Waals surface area contributed by atoms with Crippen LogP contribution in [0.2, 0.25) is 0 Å². The highest BCUT2D eigenvalue weighted by atomic mass is 16.5. The second-order valence-electron chi connectivity index (χ2n) is 4.83. The van der Waals surface area contributed by atoms with Gasteiger partial charge in [0.1, 0.15) is 0 Å². The van der Waals surface area contributed by atoms with Gasteiger partial charge in [0.05, 0.1) is 12.7 Å². The number of likely N-dealkylation sites (tertiary alicyclic amines) is 1. The minimum Gasteiger partial charge on any atom is -0.395 e. The van der Waals surface area contributed by atoms with Gasteiger partial charge in [0.15, 0.2) is 0 Å². The lowest BCUT2D eigenvalue weighted by Crippen LogP contribution is -2.48. The van der Waals surface area contributed by atoms with E-state index in [9.17, 15) is 5.11 Å². The Bertz CT molecular complexity index is 190. The van der Waals surface area contributed by atoms with Crippen LogP contribution in [0.15, 0.2) is 0 Å². The first-order valence-electron chi connectivity index (χ1n) is 6.98. The molecule has 0 aromatic rings. The van der Waals surface area contributed by atoms with E-state index in [4.69, 9.17) is 4.74 Å². The highest BCUT2D eigenvalue weighted by molar-refractivity contribution is 4.78. The first-order valence-corrected chi connectivity index (χ1v) is 6.98. The number of hydrogen-bond donors (Lipinski definition) is 2. The summed E-state index contributed by atoms with van der Waals surface area (Å²) < 4.78 is 5.81. The molecular formula is C13H28N2O2. The first-order chi connectivity index (χ1) is 8.30. The number of rotatable bonds is 8. The molecular weight excluding hydrogens is 216 g/mol. The predicted molar refractivity (Wildman–Crippen MR) is 70.3 cm³/mol. The Labute approximate surface area is 105 Å². The SMILES string of the molecule is CCCOC1CCCN(CC(CO)NCC)C1. The Morgan fingerprint density at radius 3 is 2.94 bits per heavy atom. The van der Waals surface area contributed by atoms with Crippen molar-refractivity contribution in [3.05, 3.63) is 0 Å². The molecule has 1 heterocycles. The molecule has 1 fully saturated rings. The van der Waals surface area contributed by atoms with E-state index in [2.05, 4.69) is 24.1 Å². The highest BCUT2D eigenvalue weighted by Crippen LogP contribution is 2.13. The van der Waals surface area contributed by atoms with Crippen LogP contribution in [0.25, 0.3) is 0 Å². The van der Waals surface area contributed by atoms with Gasteiger partial charge in [0.25, 0.3) is 0 Å². The third kappa shape index (κ3) is 5.82. The standard InChI is InChI=1S/C13H28N2O2/c1-3-8-17-13-6-5-7-15(10-13)9-12(11-16)14-4-2/h12-14,16H,3-11H2,1-2H3. The number of aliphatic hydroxyl groups is 1. The van der Waals surface area contributed by atoms with Crippen LogP contribution in [0.3, 0.4) is 0 Å². The van der Waals surface area contributed by atoms with Crippen molar-refractivity contribution in [2.75, 3.05) is 39.4 Å². The van der Waals surface area contributed by atoms with Crippen molar-refractivity contribution in [1.82, 2.24) is 10.2 Å². The molecule has 0 saturated carbocycles. The summed E-state index contributed by atoms with van der Waals surface area (Å²) in [5, 5.41) is 12.6. The molecule has 4 nitrogen and oxygen atoms in total. The molecule has 0 aromatic heterocycles. The van der Waals surface area contributed by atoms with Gasteiger partial charge in [0.2, 0.25) is 0 Å². The minimum atomic E-state index is 0.199. The summed E-state index contributed by atoms with van der Waals surface area (Å²) in [4.78, 5) is 2.41. The van der Waals surface area contributed by atoms with E-state index in [0.717, 1.165) is 39.2 Å². The van der Waals surface area contributed by atoms with Gasteiger partial charge in [0, 0.05) is 25.7 Å². The van der Waals surface area contributed by atoms with Gasteiger partial charge in [-0.05, 0) is 32.4 Å². The zero-order valence-electron chi connectivity index (χ0n) is 11.3. The molecule has 17 heavy (non-hydrogen) atoms. The minimum absolute atomic E-state index is 0.199. The molecule has 0 bridgehead atoms. The van der Waals surface area contributed by atoms with Crippen LogP contribution in [0.5, 0.6) is 0 Å². The lowest BCUT2D eigenvalue weighted by Gasteiger charge is -2.34. The quantitative estimate of drug-likeness (QED) is 0.664. The molecule has 0 spiro atoms. The lowest BCUT2D eigenvalue weighted by molar-refractivity contribution is -0.00382. The number of nitrogens with one attached hydrogen (secondary N) is 1. The molecule has 0 radical (unpaired) electrons. The molecule has 0 amide bonds. The second-order valence-corrected chi connectivity index (χ2v) is 4.83. The zero-order chi connectivity index (χ0) is 12.5. The van der Waals surface area contributed by atoms with Crippen molar-refractivity contribution >= 4 is 0 Å². The molecule has 1 aliphatic rings. The van der Waals surface area contributed by atoms with Crippen LogP contribution >= 0.6 is 0 Å². The molecule has 2 unspecified atom stereocenters. The average Bonchev–Trinajstić information content (AvgIpc) is 2.36. The number of hydrogen-bond acceptors (Lipinski definition) is 4. The summed E-state index contributed by atoms with van der Waals surface area (Å²) in [6, 6.07) is 0.199. The Morgan fingerprint density at radius 2 is 2.29 bits per heavy atom. The molecule has 4 heteroatoms. The van der Waals surface area contributed by atoms with Gasteiger partial charge >= 0.3 is 0 Å².